The highest BCUT2D eigenvalue weighted by molar-refractivity contribution is 5.23. The van der Waals surface area contributed by atoms with Crippen molar-refractivity contribution in [2.24, 2.45) is 5.92 Å². The fourth-order valence-corrected chi connectivity index (χ4v) is 1.91. The van der Waals surface area contributed by atoms with Gasteiger partial charge in [0.25, 0.3) is 0 Å². The molecule has 4 nitrogen and oxygen atoms in total. The summed E-state index contributed by atoms with van der Waals surface area (Å²) < 4.78 is 5.83. The van der Waals surface area contributed by atoms with Gasteiger partial charge in [-0.1, -0.05) is 51.1 Å². The van der Waals surface area contributed by atoms with Gasteiger partial charge in [-0.15, -0.1) is 10.2 Å². The molecule has 102 valence electrons. The van der Waals surface area contributed by atoms with Gasteiger partial charge in [0.2, 0.25) is 11.8 Å². The summed E-state index contributed by atoms with van der Waals surface area (Å²) in [7, 11) is 1.90. The zero-order valence-corrected chi connectivity index (χ0v) is 11.9. The Hall–Kier alpha value is -1.68. The first-order chi connectivity index (χ1) is 9.13. The maximum Gasteiger partial charge on any atom is 0.237 e. The first-order valence-electron chi connectivity index (χ1n) is 6.69. The van der Waals surface area contributed by atoms with Crippen LogP contribution in [0.3, 0.4) is 0 Å². The van der Waals surface area contributed by atoms with Gasteiger partial charge in [0, 0.05) is 5.92 Å². The van der Waals surface area contributed by atoms with Crippen LogP contribution < -0.4 is 5.32 Å². The average molecular weight is 259 g/mol. The lowest BCUT2D eigenvalue weighted by atomic mass is 9.98. The molecule has 2 aromatic rings. The van der Waals surface area contributed by atoms with E-state index in [9.17, 15) is 0 Å². The van der Waals surface area contributed by atoms with E-state index in [1.54, 1.807) is 0 Å². The van der Waals surface area contributed by atoms with Gasteiger partial charge in [0.15, 0.2) is 0 Å². The highest BCUT2D eigenvalue weighted by Crippen LogP contribution is 2.26. The number of aromatic nitrogens is 2. The summed E-state index contributed by atoms with van der Waals surface area (Å²) in [5.41, 5.74) is 1.12. The van der Waals surface area contributed by atoms with Gasteiger partial charge < -0.3 is 9.73 Å². The average Bonchev–Trinajstić information content (AvgIpc) is 2.89. The third-order valence-corrected chi connectivity index (χ3v) is 3.51. The predicted molar refractivity (Wildman–Crippen MR) is 74.9 cm³/mol. The van der Waals surface area contributed by atoms with Crippen LogP contribution in [-0.2, 0) is 0 Å². The van der Waals surface area contributed by atoms with Crippen molar-refractivity contribution >= 4 is 0 Å². The molecule has 0 aliphatic rings. The van der Waals surface area contributed by atoms with E-state index in [1.807, 2.05) is 25.2 Å². The number of benzene rings is 1. The molecule has 4 heteroatoms. The minimum Gasteiger partial charge on any atom is -0.423 e. The van der Waals surface area contributed by atoms with Crippen molar-refractivity contribution in [3.8, 4) is 0 Å². The van der Waals surface area contributed by atoms with E-state index in [4.69, 9.17) is 4.42 Å². The monoisotopic (exact) mass is 259 g/mol. The molecule has 0 aliphatic heterocycles. The van der Waals surface area contributed by atoms with Crippen LogP contribution in [0.4, 0.5) is 0 Å². The summed E-state index contributed by atoms with van der Waals surface area (Å²) in [4.78, 5) is 0. The van der Waals surface area contributed by atoms with Crippen molar-refractivity contribution in [3.05, 3.63) is 47.7 Å². The van der Waals surface area contributed by atoms with Crippen molar-refractivity contribution in [2.75, 3.05) is 7.05 Å². The quantitative estimate of drug-likeness (QED) is 0.896. The van der Waals surface area contributed by atoms with Crippen LogP contribution in [0, 0.1) is 5.92 Å². The van der Waals surface area contributed by atoms with Crippen LogP contribution >= 0.6 is 0 Å². The normalized spacial score (nSPS) is 14.6. The zero-order valence-electron chi connectivity index (χ0n) is 11.9. The molecule has 19 heavy (non-hydrogen) atoms. The molecule has 0 spiro atoms. The van der Waals surface area contributed by atoms with Gasteiger partial charge in [-0.05, 0) is 18.5 Å². The van der Waals surface area contributed by atoms with E-state index in [0.717, 1.165) is 5.56 Å². The molecular formula is C15H21N3O. The molecular weight excluding hydrogens is 238 g/mol. The molecule has 0 fully saturated rings. The van der Waals surface area contributed by atoms with Crippen LogP contribution in [0.15, 0.2) is 34.7 Å². The number of hydrogen-bond donors (Lipinski definition) is 1. The van der Waals surface area contributed by atoms with E-state index in [1.165, 1.54) is 0 Å². The fraction of sp³-hybridized carbons (Fsp3) is 0.467. The van der Waals surface area contributed by atoms with Crippen LogP contribution in [0.5, 0.6) is 0 Å². The molecule has 0 bridgehead atoms. The minimum absolute atomic E-state index is 0.0539. The largest absolute Gasteiger partial charge is 0.423 e. The Labute approximate surface area is 114 Å². The van der Waals surface area contributed by atoms with Crippen LogP contribution in [0.1, 0.15) is 50.1 Å². The first kappa shape index (κ1) is 13.7. The molecule has 2 unspecified atom stereocenters. The number of hydrogen-bond acceptors (Lipinski definition) is 4. The summed E-state index contributed by atoms with van der Waals surface area (Å²) in [5, 5.41) is 11.6. The van der Waals surface area contributed by atoms with E-state index in [-0.39, 0.29) is 12.0 Å². The topological polar surface area (TPSA) is 51.0 Å². The minimum atomic E-state index is -0.0539. The highest BCUT2D eigenvalue weighted by atomic mass is 16.4. The third kappa shape index (κ3) is 3.01. The molecule has 0 saturated carbocycles. The Morgan fingerprint density at radius 1 is 1.00 bits per heavy atom. The van der Waals surface area contributed by atoms with E-state index < -0.39 is 0 Å². The van der Waals surface area contributed by atoms with Crippen LogP contribution in [0.2, 0.25) is 0 Å². The smallest absolute Gasteiger partial charge is 0.237 e. The predicted octanol–water partition coefficient (Wildman–Crippen LogP) is 3.14. The highest BCUT2D eigenvalue weighted by Gasteiger charge is 2.22. The number of nitrogens with one attached hydrogen (secondary N) is 1. The molecule has 1 N–H and O–H groups in total. The van der Waals surface area contributed by atoms with Gasteiger partial charge in [-0.3, -0.25) is 0 Å². The lowest BCUT2D eigenvalue weighted by Gasteiger charge is -2.13. The lowest BCUT2D eigenvalue weighted by Crippen LogP contribution is -2.17. The Morgan fingerprint density at radius 2 is 1.63 bits per heavy atom. The zero-order chi connectivity index (χ0) is 13.8. The molecule has 1 aromatic heterocycles. The number of rotatable bonds is 5. The van der Waals surface area contributed by atoms with E-state index >= 15 is 0 Å². The number of nitrogens with zero attached hydrogens (tertiary/aromatic N) is 2. The van der Waals surface area contributed by atoms with Gasteiger partial charge in [-0.25, -0.2) is 0 Å². The Bertz CT molecular complexity index is 507. The molecule has 0 saturated heterocycles. The standard InChI is InChI=1S/C15H21N3O/c1-10(2)11(3)14-17-18-15(19-14)13(16-4)12-8-6-5-7-9-12/h5-11,13,16H,1-4H3. The second-order valence-corrected chi connectivity index (χ2v) is 5.14. The first-order valence-corrected chi connectivity index (χ1v) is 6.69. The van der Waals surface area contributed by atoms with E-state index in [2.05, 4.69) is 48.4 Å². The molecule has 0 amide bonds. The fourth-order valence-electron chi connectivity index (χ4n) is 1.91. The van der Waals surface area contributed by atoms with Crippen molar-refractivity contribution in [3.63, 3.8) is 0 Å². The van der Waals surface area contributed by atoms with Crippen molar-refractivity contribution < 1.29 is 4.42 Å². The summed E-state index contributed by atoms with van der Waals surface area (Å²) >= 11 is 0. The maximum atomic E-state index is 5.83. The Morgan fingerprint density at radius 3 is 2.21 bits per heavy atom. The van der Waals surface area contributed by atoms with Crippen molar-refractivity contribution in [1.29, 1.82) is 0 Å². The summed E-state index contributed by atoms with van der Waals surface area (Å²) in [6.45, 7) is 6.42. The Balaban J connectivity index is 2.26. The Kier molecular flexibility index (Phi) is 4.32. The second-order valence-electron chi connectivity index (χ2n) is 5.14. The maximum absolute atomic E-state index is 5.83. The second kappa shape index (κ2) is 5.97. The summed E-state index contributed by atoms with van der Waals surface area (Å²) in [6.07, 6.45) is 0. The molecule has 1 heterocycles. The molecule has 2 atom stereocenters. The van der Waals surface area contributed by atoms with Crippen LogP contribution in [-0.4, -0.2) is 17.2 Å². The molecule has 0 aliphatic carbocycles. The van der Waals surface area contributed by atoms with Gasteiger partial charge in [0.1, 0.15) is 6.04 Å². The molecule has 0 radical (unpaired) electrons. The van der Waals surface area contributed by atoms with Gasteiger partial charge in [0.05, 0.1) is 0 Å². The van der Waals surface area contributed by atoms with Crippen LogP contribution in [0.25, 0.3) is 0 Å². The summed E-state index contributed by atoms with van der Waals surface area (Å²) in [6, 6.07) is 10.1. The third-order valence-electron chi connectivity index (χ3n) is 3.51. The van der Waals surface area contributed by atoms with Crippen molar-refractivity contribution in [1.82, 2.24) is 15.5 Å². The van der Waals surface area contributed by atoms with Gasteiger partial charge >= 0.3 is 0 Å². The summed E-state index contributed by atoms with van der Waals surface area (Å²) in [5.74, 6) is 2.09. The molecule has 2 rings (SSSR count). The van der Waals surface area contributed by atoms with Crippen molar-refractivity contribution in [2.45, 2.75) is 32.7 Å². The SMILES string of the molecule is CNC(c1ccccc1)c1nnc(C(C)C(C)C)o1. The van der Waals surface area contributed by atoms with Gasteiger partial charge in [-0.2, -0.15) is 0 Å². The lowest BCUT2D eigenvalue weighted by molar-refractivity contribution is 0.365. The molecule has 1 aromatic carbocycles. The van der Waals surface area contributed by atoms with E-state index in [0.29, 0.717) is 17.7 Å².